The van der Waals surface area contributed by atoms with Gasteiger partial charge in [-0.2, -0.15) is 5.26 Å². The van der Waals surface area contributed by atoms with Gasteiger partial charge in [0.15, 0.2) is 6.61 Å². The van der Waals surface area contributed by atoms with Crippen molar-refractivity contribution >= 4 is 18.0 Å². The molecule has 1 aliphatic rings. The average molecular weight is 345 g/mol. The molecule has 0 unspecified atom stereocenters. The second-order valence-electron chi connectivity index (χ2n) is 6.02. The summed E-state index contributed by atoms with van der Waals surface area (Å²) in [6.45, 7) is 4.27. The van der Waals surface area contributed by atoms with Gasteiger partial charge in [-0.15, -0.1) is 0 Å². The van der Waals surface area contributed by atoms with Crippen molar-refractivity contribution < 1.29 is 19.1 Å². The van der Waals surface area contributed by atoms with Crippen LogP contribution in [0.15, 0.2) is 11.6 Å². The highest BCUT2D eigenvalue weighted by atomic mass is 16.5. The Hall–Kier alpha value is -2.59. The van der Waals surface area contributed by atoms with Gasteiger partial charge in [-0.1, -0.05) is 0 Å². The van der Waals surface area contributed by atoms with Crippen molar-refractivity contribution in [2.24, 2.45) is 0 Å². The molecule has 1 heterocycles. The molecular formula is C18H23N3O4. The van der Waals surface area contributed by atoms with Crippen molar-refractivity contribution in [3.05, 3.63) is 28.6 Å². The lowest BCUT2D eigenvalue weighted by atomic mass is 10.1. The van der Waals surface area contributed by atoms with Crippen molar-refractivity contribution in [3.8, 4) is 6.07 Å². The molecule has 1 fully saturated rings. The Morgan fingerprint density at radius 3 is 2.76 bits per heavy atom. The third-order valence-electron chi connectivity index (χ3n) is 4.04. The van der Waals surface area contributed by atoms with Crippen LogP contribution < -0.4 is 5.32 Å². The first-order valence-electron chi connectivity index (χ1n) is 8.21. The molecule has 25 heavy (non-hydrogen) atoms. The van der Waals surface area contributed by atoms with Crippen LogP contribution in [-0.4, -0.2) is 43.3 Å². The predicted molar refractivity (Wildman–Crippen MR) is 91.6 cm³/mol. The zero-order chi connectivity index (χ0) is 18.4. The van der Waals surface area contributed by atoms with Crippen molar-refractivity contribution in [1.82, 2.24) is 9.88 Å². The van der Waals surface area contributed by atoms with Gasteiger partial charge in [0.05, 0.1) is 6.61 Å². The van der Waals surface area contributed by atoms with E-state index in [1.165, 1.54) is 13.2 Å². The summed E-state index contributed by atoms with van der Waals surface area (Å²) in [5.74, 6) is -1.24. The first-order valence-corrected chi connectivity index (χ1v) is 8.21. The minimum atomic E-state index is -0.805. The van der Waals surface area contributed by atoms with Gasteiger partial charge >= 0.3 is 5.97 Å². The summed E-state index contributed by atoms with van der Waals surface area (Å²) < 4.78 is 11.9. The molecule has 1 aliphatic carbocycles. The fraction of sp³-hybridized carbons (Fsp3) is 0.500. The largest absolute Gasteiger partial charge is 0.451 e. The van der Waals surface area contributed by atoms with E-state index in [4.69, 9.17) is 9.47 Å². The van der Waals surface area contributed by atoms with Gasteiger partial charge in [0.1, 0.15) is 11.6 Å². The summed E-state index contributed by atoms with van der Waals surface area (Å²) in [6, 6.07) is 4.33. The van der Waals surface area contributed by atoms with Crippen LogP contribution in [0.3, 0.4) is 0 Å². The van der Waals surface area contributed by atoms with Crippen LogP contribution in [-0.2, 0) is 19.1 Å². The standard InChI is InChI=1S/C18H23N3O4/c1-12-8-14(13(2)21(12)16-4-5-16)9-15(10-19)18(23)25-11-17(22)20-6-7-24-3/h8-9,16H,4-7,11H2,1-3H3,(H,20,22)/b15-9+. The second-order valence-corrected chi connectivity index (χ2v) is 6.02. The minimum absolute atomic E-state index is 0.124. The molecule has 0 bridgehead atoms. The summed E-state index contributed by atoms with van der Waals surface area (Å²) >= 11 is 0. The lowest BCUT2D eigenvalue weighted by molar-refractivity contribution is -0.144. The maximum atomic E-state index is 12.0. The Labute approximate surface area is 147 Å². The van der Waals surface area contributed by atoms with E-state index in [-0.39, 0.29) is 5.57 Å². The molecule has 1 amide bonds. The highest BCUT2D eigenvalue weighted by molar-refractivity contribution is 5.99. The number of rotatable bonds is 8. The van der Waals surface area contributed by atoms with E-state index in [0.29, 0.717) is 19.2 Å². The van der Waals surface area contributed by atoms with Crippen molar-refractivity contribution in [3.63, 3.8) is 0 Å². The molecule has 0 aromatic carbocycles. The van der Waals surface area contributed by atoms with Crippen LogP contribution in [0.25, 0.3) is 6.08 Å². The number of esters is 1. The smallest absolute Gasteiger partial charge is 0.349 e. The lowest BCUT2D eigenvalue weighted by Crippen LogP contribution is -2.31. The van der Waals surface area contributed by atoms with E-state index in [2.05, 4.69) is 9.88 Å². The van der Waals surface area contributed by atoms with E-state index in [0.717, 1.165) is 29.8 Å². The first kappa shape index (κ1) is 18.7. The molecule has 0 aliphatic heterocycles. The predicted octanol–water partition coefficient (Wildman–Crippen LogP) is 1.65. The highest BCUT2D eigenvalue weighted by Gasteiger charge is 2.27. The lowest BCUT2D eigenvalue weighted by Gasteiger charge is -2.07. The molecule has 0 radical (unpaired) electrons. The second kappa shape index (κ2) is 8.49. The fourth-order valence-electron chi connectivity index (χ4n) is 2.69. The van der Waals surface area contributed by atoms with E-state index < -0.39 is 18.5 Å². The topological polar surface area (TPSA) is 93.3 Å². The number of aromatic nitrogens is 1. The van der Waals surface area contributed by atoms with Crippen LogP contribution in [0, 0.1) is 25.2 Å². The summed E-state index contributed by atoms with van der Waals surface area (Å²) in [5, 5.41) is 11.8. The summed E-state index contributed by atoms with van der Waals surface area (Å²) in [4.78, 5) is 23.6. The number of aryl methyl sites for hydroxylation is 1. The molecule has 7 heteroatoms. The van der Waals surface area contributed by atoms with Gasteiger partial charge in [0.25, 0.3) is 5.91 Å². The van der Waals surface area contributed by atoms with E-state index in [9.17, 15) is 14.9 Å². The number of ether oxygens (including phenoxy) is 2. The Morgan fingerprint density at radius 2 is 2.16 bits per heavy atom. The molecule has 0 spiro atoms. The average Bonchev–Trinajstić information content (AvgIpc) is 3.37. The number of carbonyl (C=O) groups excluding carboxylic acids is 2. The third-order valence-corrected chi connectivity index (χ3v) is 4.04. The first-order chi connectivity index (χ1) is 12.0. The SMILES string of the molecule is COCCNC(=O)COC(=O)/C(C#N)=C/c1cc(C)n(C2CC2)c1C. The molecule has 0 atom stereocenters. The van der Waals surface area contributed by atoms with Crippen LogP contribution >= 0.6 is 0 Å². The fourth-order valence-corrected chi connectivity index (χ4v) is 2.69. The normalized spacial score (nSPS) is 14.1. The Morgan fingerprint density at radius 1 is 1.44 bits per heavy atom. The van der Waals surface area contributed by atoms with E-state index >= 15 is 0 Å². The molecular weight excluding hydrogens is 322 g/mol. The van der Waals surface area contributed by atoms with Gasteiger partial charge in [-0.25, -0.2) is 4.79 Å². The van der Waals surface area contributed by atoms with Crippen LogP contribution in [0.5, 0.6) is 0 Å². The molecule has 134 valence electrons. The Kier molecular flexibility index (Phi) is 6.37. The zero-order valence-electron chi connectivity index (χ0n) is 14.8. The van der Waals surface area contributed by atoms with Crippen molar-refractivity contribution in [2.75, 3.05) is 26.9 Å². The van der Waals surface area contributed by atoms with E-state index in [1.54, 1.807) is 0 Å². The number of hydrogen-bond acceptors (Lipinski definition) is 5. The Balaban J connectivity index is 2.00. The molecule has 1 N–H and O–H groups in total. The van der Waals surface area contributed by atoms with Gasteiger partial charge in [-0.3, -0.25) is 4.79 Å². The number of hydrogen-bond donors (Lipinski definition) is 1. The maximum Gasteiger partial charge on any atom is 0.349 e. The summed E-state index contributed by atoms with van der Waals surface area (Å²) in [5.41, 5.74) is 2.83. The molecule has 0 saturated heterocycles. The molecule has 2 rings (SSSR count). The minimum Gasteiger partial charge on any atom is -0.451 e. The number of nitriles is 1. The number of amides is 1. The maximum absolute atomic E-state index is 12.0. The number of carbonyl (C=O) groups is 2. The summed E-state index contributed by atoms with van der Waals surface area (Å²) in [6.07, 6.45) is 3.84. The zero-order valence-corrected chi connectivity index (χ0v) is 14.8. The highest BCUT2D eigenvalue weighted by Crippen LogP contribution is 2.38. The molecule has 7 nitrogen and oxygen atoms in total. The van der Waals surface area contributed by atoms with Crippen LogP contribution in [0.2, 0.25) is 0 Å². The van der Waals surface area contributed by atoms with Crippen LogP contribution in [0.1, 0.15) is 35.8 Å². The van der Waals surface area contributed by atoms with Gasteiger partial charge < -0.3 is 19.4 Å². The molecule has 1 aromatic rings. The number of methoxy groups -OCH3 is 1. The number of nitrogens with zero attached hydrogens (tertiary/aromatic N) is 2. The van der Waals surface area contributed by atoms with Gasteiger partial charge in [0.2, 0.25) is 0 Å². The quantitative estimate of drug-likeness (QED) is 0.335. The third kappa shape index (κ3) is 4.94. The number of nitrogens with one attached hydrogen (secondary N) is 1. The summed E-state index contributed by atoms with van der Waals surface area (Å²) in [7, 11) is 1.52. The monoisotopic (exact) mass is 345 g/mol. The van der Waals surface area contributed by atoms with Crippen molar-refractivity contribution in [2.45, 2.75) is 32.7 Å². The van der Waals surface area contributed by atoms with E-state index in [1.807, 2.05) is 26.0 Å². The van der Waals surface area contributed by atoms with Crippen molar-refractivity contribution in [1.29, 1.82) is 5.26 Å². The van der Waals surface area contributed by atoms with Crippen LogP contribution in [0.4, 0.5) is 0 Å². The van der Waals surface area contributed by atoms with Gasteiger partial charge in [0, 0.05) is 31.1 Å². The molecule has 1 aromatic heterocycles. The Bertz CT molecular complexity index is 723. The molecule has 1 saturated carbocycles. The van der Waals surface area contributed by atoms with Gasteiger partial charge in [-0.05, 0) is 44.4 Å².